The molecule has 0 aromatic carbocycles. The first-order chi connectivity index (χ1) is 3.98. The van der Waals surface area contributed by atoms with E-state index in [1.165, 1.54) is 6.92 Å². The Morgan fingerprint density at radius 3 is 2.11 bits per heavy atom. The third-order valence-corrected chi connectivity index (χ3v) is 0.856. The summed E-state index contributed by atoms with van der Waals surface area (Å²) in [5.41, 5.74) is -0.322. The summed E-state index contributed by atoms with van der Waals surface area (Å²) in [5, 5.41) is 6.04. The minimum atomic E-state index is -2.87. The molecule has 9 heavy (non-hydrogen) atoms. The Morgan fingerprint density at radius 1 is 1.56 bits per heavy atom. The van der Waals surface area contributed by atoms with Crippen molar-refractivity contribution in [3.8, 4) is 0 Å². The summed E-state index contributed by atoms with van der Waals surface area (Å²) in [6.45, 7) is 4.91. The minimum Gasteiger partial charge on any atom is -0.200 e. The molecule has 0 N–H and O–H groups in total. The summed E-state index contributed by atoms with van der Waals surface area (Å²) < 4.78 is 24.2. The summed E-state index contributed by atoms with van der Waals surface area (Å²) in [4.78, 5) is 0. The van der Waals surface area contributed by atoms with Gasteiger partial charge in [0.15, 0.2) is 0 Å². The van der Waals surface area contributed by atoms with E-state index in [1.54, 1.807) is 0 Å². The summed E-state index contributed by atoms with van der Waals surface area (Å²) in [7, 11) is 0. The molecule has 0 rings (SSSR count). The van der Waals surface area contributed by atoms with Crippen LogP contribution in [0.15, 0.2) is 10.2 Å². The van der Waals surface area contributed by atoms with Gasteiger partial charge in [0, 0.05) is 13.6 Å². The molecule has 0 aromatic heterocycles. The minimum absolute atomic E-state index is 0.322. The fraction of sp³-hybridized carbons (Fsp3) is 0.600. The van der Waals surface area contributed by atoms with Gasteiger partial charge in [-0.15, -0.1) is 0 Å². The van der Waals surface area contributed by atoms with Crippen molar-refractivity contribution in [3.05, 3.63) is 0 Å². The zero-order valence-corrected chi connectivity index (χ0v) is 5.36. The molecule has 2 nitrogen and oxygen atoms in total. The fourth-order valence-corrected chi connectivity index (χ4v) is 0.194. The average Bonchev–Trinajstić information content (AvgIpc) is 1.64. The highest BCUT2D eigenvalue weighted by Crippen LogP contribution is 2.13. The number of alkyl halides is 2. The van der Waals surface area contributed by atoms with Crippen LogP contribution in [0.3, 0.4) is 0 Å². The third kappa shape index (κ3) is 2.90. The normalized spacial score (nSPS) is 13.6. The van der Waals surface area contributed by atoms with Crippen molar-refractivity contribution in [2.45, 2.75) is 19.8 Å². The topological polar surface area (TPSA) is 24.7 Å². The second-order valence-corrected chi connectivity index (χ2v) is 1.72. The lowest BCUT2D eigenvalue weighted by atomic mass is 10.3. The molecule has 0 bridgehead atoms. The second kappa shape index (κ2) is 2.66. The van der Waals surface area contributed by atoms with Gasteiger partial charge in [0.1, 0.15) is 5.71 Å². The maximum atomic E-state index is 12.1. The lowest BCUT2D eigenvalue weighted by molar-refractivity contribution is 0.0995. The van der Waals surface area contributed by atoms with Crippen LogP contribution in [0.2, 0.25) is 0 Å². The lowest BCUT2D eigenvalue weighted by Gasteiger charge is -2.05. The van der Waals surface area contributed by atoms with Crippen molar-refractivity contribution < 1.29 is 8.78 Å². The molecular weight excluding hydrogens is 126 g/mol. The molecule has 4 heteroatoms. The summed E-state index contributed by atoms with van der Waals surface area (Å²) in [6, 6.07) is 0. The van der Waals surface area contributed by atoms with Crippen LogP contribution >= 0.6 is 0 Å². The Hall–Kier alpha value is -0.800. The molecule has 0 aliphatic carbocycles. The van der Waals surface area contributed by atoms with Crippen molar-refractivity contribution in [1.29, 1.82) is 0 Å². The van der Waals surface area contributed by atoms with Crippen molar-refractivity contribution in [2.24, 2.45) is 10.2 Å². The molecule has 0 aliphatic heterocycles. The van der Waals surface area contributed by atoms with E-state index in [1.807, 2.05) is 0 Å². The molecule has 52 valence electrons. The molecule has 0 fully saturated rings. The molecule has 0 saturated carbocycles. The molecule has 0 radical (unpaired) electrons. The molecule has 0 aliphatic rings. The zero-order valence-electron chi connectivity index (χ0n) is 5.36. The molecule has 0 saturated heterocycles. The van der Waals surface area contributed by atoms with E-state index >= 15 is 0 Å². The first kappa shape index (κ1) is 8.20. The number of rotatable bonds is 2. The first-order valence-electron chi connectivity index (χ1n) is 2.37. The van der Waals surface area contributed by atoms with Crippen LogP contribution in [0.5, 0.6) is 0 Å². The molecule has 0 heterocycles. The van der Waals surface area contributed by atoms with Gasteiger partial charge in [-0.2, -0.15) is 10.2 Å². The number of nitrogens with zero attached hydrogens (tertiary/aromatic N) is 2. The van der Waals surface area contributed by atoms with Crippen LogP contribution in [-0.2, 0) is 0 Å². The molecule has 0 unspecified atom stereocenters. The van der Waals surface area contributed by atoms with Gasteiger partial charge in [0.2, 0.25) is 0 Å². The quantitative estimate of drug-likeness (QED) is 0.405. The van der Waals surface area contributed by atoms with Gasteiger partial charge in [-0.25, -0.2) is 8.78 Å². The van der Waals surface area contributed by atoms with Crippen molar-refractivity contribution in [2.75, 3.05) is 0 Å². The SMILES string of the molecule is C=N/N=C(/C)C(C)(F)F. The number of hydrogen-bond acceptors (Lipinski definition) is 2. The van der Waals surface area contributed by atoms with Gasteiger partial charge < -0.3 is 0 Å². The molecule has 0 aromatic rings. The summed E-state index contributed by atoms with van der Waals surface area (Å²) in [5.74, 6) is -2.87. The Kier molecular flexibility index (Phi) is 2.42. The Morgan fingerprint density at radius 2 is 2.00 bits per heavy atom. The van der Waals surface area contributed by atoms with E-state index in [0.29, 0.717) is 0 Å². The van der Waals surface area contributed by atoms with E-state index in [2.05, 4.69) is 16.9 Å². The van der Waals surface area contributed by atoms with E-state index < -0.39 is 5.92 Å². The number of halogens is 2. The molecular formula is C5H8F2N2. The van der Waals surface area contributed by atoms with Gasteiger partial charge in [-0.3, -0.25) is 0 Å². The van der Waals surface area contributed by atoms with Crippen LogP contribution < -0.4 is 0 Å². The second-order valence-electron chi connectivity index (χ2n) is 1.72. The Balaban J connectivity index is 4.19. The number of hydrogen-bond donors (Lipinski definition) is 0. The van der Waals surface area contributed by atoms with Gasteiger partial charge in [-0.05, 0) is 6.92 Å². The highest BCUT2D eigenvalue weighted by atomic mass is 19.3. The Labute approximate surface area is 52.3 Å². The van der Waals surface area contributed by atoms with Crippen LogP contribution in [0, 0.1) is 0 Å². The smallest absolute Gasteiger partial charge is 0.200 e. The van der Waals surface area contributed by atoms with E-state index in [4.69, 9.17) is 0 Å². The maximum Gasteiger partial charge on any atom is 0.284 e. The highest BCUT2D eigenvalue weighted by Gasteiger charge is 2.25. The van der Waals surface area contributed by atoms with Crippen LogP contribution in [0.1, 0.15) is 13.8 Å². The average molecular weight is 134 g/mol. The van der Waals surface area contributed by atoms with Crippen molar-refractivity contribution in [1.82, 2.24) is 0 Å². The first-order valence-corrected chi connectivity index (χ1v) is 2.37. The Bertz CT molecular complexity index is 134. The van der Waals surface area contributed by atoms with Crippen LogP contribution in [-0.4, -0.2) is 18.4 Å². The zero-order chi connectivity index (χ0) is 7.49. The molecule has 0 amide bonds. The largest absolute Gasteiger partial charge is 0.284 e. The molecule has 0 spiro atoms. The van der Waals surface area contributed by atoms with E-state index in [-0.39, 0.29) is 5.71 Å². The monoisotopic (exact) mass is 134 g/mol. The highest BCUT2D eigenvalue weighted by molar-refractivity contribution is 5.88. The summed E-state index contributed by atoms with van der Waals surface area (Å²) >= 11 is 0. The van der Waals surface area contributed by atoms with Crippen molar-refractivity contribution in [3.63, 3.8) is 0 Å². The van der Waals surface area contributed by atoms with Crippen LogP contribution in [0.25, 0.3) is 0 Å². The van der Waals surface area contributed by atoms with Crippen LogP contribution in [0.4, 0.5) is 8.78 Å². The summed E-state index contributed by atoms with van der Waals surface area (Å²) in [6.07, 6.45) is 0. The van der Waals surface area contributed by atoms with E-state index in [0.717, 1.165) is 6.92 Å². The van der Waals surface area contributed by atoms with Gasteiger partial charge in [0.05, 0.1) is 0 Å². The third-order valence-electron chi connectivity index (χ3n) is 0.856. The standard InChI is InChI=1S/C5H8F2N2/c1-4(9-8-3)5(2,6)7/h3H2,1-2H3/b9-4-. The van der Waals surface area contributed by atoms with E-state index in [9.17, 15) is 8.78 Å². The van der Waals surface area contributed by atoms with Gasteiger partial charge in [-0.1, -0.05) is 0 Å². The van der Waals surface area contributed by atoms with Gasteiger partial charge >= 0.3 is 0 Å². The fourth-order valence-electron chi connectivity index (χ4n) is 0.194. The lowest BCUT2D eigenvalue weighted by Crippen LogP contribution is -2.20. The maximum absolute atomic E-state index is 12.1. The van der Waals surface area contributed by atoms with Gasteiger partial charge in [0.25, 0.3) is 5.92 Å². The van der Waals surface area contributed by atoms with Crippen molar-refractivity contribution >= 4 is 12.4 Å². The predicted octanol–water partition coefficient (Wildman–Crippen LogP) is 1.72. The predicted molar refractivity (Wildman–Crippen MR) is 33.3 cm³/mol. The molecule has 0 atom stereocenters.